The van der Waals surface area contributed by atoms with Crippen molar-refractivity contribution < 1.29 is 4.79 Å². The van der Waals surface area contributed by atoms with Crippen LogP contribution in [0.1, 0.15) is 27.2 Å². The number of hydrogen-bond donors (Lipinski definition) is 3. The van der Waals surface area contributed by atoms with Gasteiger partial charge in [0, 0.05) is 34.7 Å². The van der Waals surface area contributed by atoms with Gasteiger partial charge in [-0.3, -0.25) is 4.79 Å². The van der Waals surface area contributed by atoms with Crippen LogP contribution in [0.5, 0.6) is 0 Å². The van der Waals surface area contributed by atoms with Gasteiger partial charge in [-0.05, 0) is 39.0 Å². The first kappa shape index (κ1) is 16.0. The maximum atomic E-state index is 11.9. The predicted octanol–water partition coefficient (Wildman–Crippen LogP) is 2.49. The Kier molecular flexibility index (Phi) is 5.82. The Bertz CT molecular complexity index is 429. The Morgan fingerprint density at radius 2 is 2.11 bits per heavy atom. The van der Waals surface area contributed by atoms with Crippen molar-refractivity contribution in [2.75, 3.05) is 11.9 Å². The predicted molar refractivity (Wildman–Crippen MR) is 83.1 cm³/mol. The lowest BCUT2D eigenvalue weighted by Gasteiger charge is -2.23. The maximum absolute atomic E-state index is 11.9. The molecule has 0 aliphatic carbocycles. The number of anilines is 1. The summed E-state index contributed by atoms with van der Waals surface area (Å²) in [5.41, 5.74) is 6.45. The van der Waals surface area contributed by atoms with Gasteiger partial charge in [0.05, 0.1) is 0 Å². The first-order chi connectivity index (χ1) is 8.80. The molecule has 4 N–H and O–H groups in total. The van der Waals surface area contributed by atoms with E-state index in [1.807, 2.05) is 45.0 Å². The third kappa shape index (κ3) is 6.59. The van der Waals surface area contributed by atoms with E-state index >= 15 is 0 Å². The number of nitrogens with two attached hydrogens (primary N) is 1. The van der Waals surface area contributed by atoms with Gasteiger partial charge in [-0.15, -0.1) is 0 Å². The number of amides is 1. The summed E-state index contributed by atoms with van der Waals surface area (Å²) in [6.45, 7) is 6.29. The van der Waals surface area contributed by atoms with Crippen molar-refractivity contribution in [2.45, 2.75) is 38.8 Å². The minimum atomic E-state index is -0.216. The number of carbonyl (C=O) groups is 1. The molecule has 4 nitrogen and oxygen atoms in total. The van der Waals surface area contributed by atoms with Crippen molar-refractivity contribution >= 4 is 27.5 Å². The minimum Gasteiger partial charge on any atom is -0.380 e. The molecule has 1 amide bonds. The summed E-state index contributed by atoms with van der Waals surface area (Å²) in [5.74, 6) is 0.00504. The standard InChI is InChI=1S/C14H22BrN3O/c1-14(2,3)18-13(19)8-12(9-16)17-11-6-4-5-10(15)7-11/h4-7,12,17H,8-9,16H2,1-3H3,(H,18,19). The largest absolute Gasteiger partial charge is 0.380 e. The molecule has 106 valence electrons. The number of carbonyl (C=O) groups excluding carboxylic acids is 1. The van der Waals surface area contributed by atoms with Gasteiger partial charge in [0.15, 0.2) is 0 Å². The van der Waals surface area contributed by atoms with Crippen molar-refractivity contribution in [3.63, 3.8) is 0 Å². The number of nitrogens with one attached hydrogen (secondary N) is 2. The molecule has 1 unspecified atom stereocenters. The molecule has 0 aliphatic heterocycles. The third-order valence-corrected chi connectivity index (χ3v) is 2.92. The van der Waals surface area contributed by atoms with Gasteiger partial charge >= 0.3 is 0 Å². The van der Waals surface area contributed by atoms with Crippen LogP contribution < -0.4 is 16.4 Å². The number of halogens is 1. The summed E-state index contributed by atoms with van der Waals surface area (Å²) >= 11 is 3.41. The van der Waals surface area contributed by atoms with Gasteiger partial charge in [0.2, 0.25) is 5.91 Å². The fourth-order valence-electron chi connectivity index (χ4n) is 1.70. The van der Waals surface area contributed by atoms with Gasteiger partial charge < -0.3 is 16.4 Å². The topological polar surface area (TPSA) is 67.2 Å². The fourth-order valence-corrected chi connectivity index (χ4v) is 2.10. The van der Waals surface area contributed by atoms with Gasteiger partial charge in [-0.1, -0.05) is 22.0 Å². The molecule has 19 heavy (non-hydrogen) atoms. The highest BCUT2D eigenvalue weighted by Gasteiger charge is 2.17. The van der Waals surface area contributed by atoms with Crippen LogP contribution in [0.25, 0.3) is 0 Å². The second-order valence-corrected chi connectivity index (χ2v) is 6.51. The lowest BCUT2D eigenvalue weighted by molar-refractivity contribution is -0.122. The average Bonchev–Trinajstić information content (AvgIpc) is 2.25. The molecular weight excluding hydrogens is 306 g/mol. The zero-order valence-electron chi connectivity index (χ0n) is 11.7. The number of hydrogen-bond acceptors (Lipinski definition) is 3. The quantitative estimate of drug-likeness (QED) is 0.778. The van der Waals surface area contributed by atoms with Gasteiger partial charge in [0.1, 0.15) is 0 Å². The molecule has 1 rings (SSSR count). The second kappa shape index (κ2) is 6.91. The molecule has 1 aromatic carbocycles. The van der Waals surface area contributed by atoms with E-state index in [4.69, 9.17) is 5.73 Å². The van der Waals surface area contributed by atoms with Crippen molar-refractivity contribution in [3.05, 3.63) is 28.7 Å². The van der Waals surface area contributed by atoms with Crippen LogP contribution in [0.15, 0.2) is 28.7 Å². The molecular formula is C14H22BrN3O. The SMILES string of the molecule is CC(C)(C)NC(=O)CC(CN)Nc1cccc(Br)c1. The molecule has 5 heteroatoms. The van der Waals surface area contributed by atoms with Gasteiger partial charge in [-0.25, -0.2) is 0 Å². The van der Waals surface area contributed by atoms with Gasteiger partial charge in [-0.2, -0.15) is 0 Å². The van der Waals surface area contributed by atoms with Crippen LogP contribution in [-0.4, -0.2) is 24.0 Å². The minimum absolute atomic E-state index is 0.00504. The average molecular weight is 328 g/mol. The van der Waals surface area contributed by atoms with E-state index < -0.39 is 0 Å². The summed E-state index contributed by atoms with van der Waals surface area (Å²) in [5, 5.41) is 6.21. The Labute approximate surface area is 123 Å². The van der Waals surface area contributed by atoms with E-state index in [1.54, 1.807) is 0 Å². The monoisotopic (exact) mass is 327 g/mol. The molecule has 0 saturated carbocycles. The molecule has 0 spiro atoms. The third-order valence-electron chi connectivity index (χ3n) is 2.43. The van der Waals surface area contributed by atoms with Crippen LogP contribution in [-0.2, 0) is 4.79 Å². The maximum Gasteiger partial charge on any atom is 0.222 e. The zero-order chi connectivity index (χ0) is 14.5. The molecule has 0 radical (unpaired) electrons. The summed E-state index contributed by atoms with van der Waals surface area (Å²) < 4.78 is 0.993. The van der Waals surface area contributed by atoms with Crippen molar-refractivity contribution in [3.8, 4) is 0 Å². The molecule has 0 heterocycles. The van der Waals surface area contributed by atoms with Gasteiger partial charge in [0.25, 0.3) is 0 Å². The van der Waals surface area contributed by atoms with Crippen molar-refractivity contribution in [1.29, 1.82) is 0 Å². The molecule has 0 aliphatic rings. The Morgan fingerprint density at radius 3 is 2.63 bits per heavy atom. The summed E-state index contributed by atoms with van der Waals surface area (Å²) in [4.78, 5) is 11.9. The Morgan fingerprint density at radius 1 is 1.42 bits per heavy atom. The van der Waals surface area contributed by atoms with E-state index in [9.17, 15) is 4.79 Å². The molecule has 0 aromatic heterocycles. The molecule has 0 saturated heterocycles. The molecule has 0 fully saturated rings. The Hall–Kier alpha value is -1.07. The van der Waals surface area contributed by atoms with E-state index in [2.05, 4.69) is 26.6 Å². The normalized spacial score (nSPS) is 12.9. The van der Waals surface area contributed by atoms with E-state index in [-0.39, 0.29) is 17.5 Å². The lowest BCUT2D eigenvalue weighted by Crippen LogP contribution is -2.44. The number of benzene rings is 1. The number of rotatable bonds is 5. The van der Waals surface area contributed by atoms with Crippen LogP contribution in [0.4, 0.5) is 5.69 Å². The Balaban J connectivity index is 2.57. The summed E-state index contributed by atoms with van der Waals surface area (Å²) in [6, 6.07) is 7.74. The van der Waals surface area contributed by atoms with Crippen LogP contribution in [0.2, 0.25) is 0 Å². The second-order valence-electron chi connectivity index (χ2n) is 5.59. The van der Waals surface area contributed by atoms with E-state index in [0.717, 1.165) is 10.2 Å². The zero-order valence-corrected chi connectivity index (χ0v) is 13.3. The van der Waals surface area contributed by atoms with E-state index in [0.29, 0.717) is 13.0 Å². The first-order valence-electron chi connectivity index (χ1n) is 6.33. The lowest BCUT2D eigenvalue weighted by atomic mass is 10.1. The van der Waals surface area contributed by atoms with E-state index in [1.165, 1.54) is 0 Å². The summed E-state index contributed by atoms with van der Waals surface area (Å²) in [7, 11) is 0. The van der Waals surface area contributed by atoms with Crippen molar-refractivity contribution in [1.82, 2.24) is 5.32 Å². The van der Waals surface area contributed by atoms with Crippen LogP contribution in [0.3, 0.4) is 0 Å². The van der Waals surface area contributed by atoms with Crippen LogP contribution >= 0.6 is 15.9 Å². The molecule has 1 atom stereocenters. The highest BCUT2D eigenvalue weighted by molar-refractivity contribution is 9.10. The molecule has 0 bridgehead atoms. The highest BCUT2D eigenvalue weighted by Crippen LogP contribution is 2.17. The fraction of sp³-hybridized carbons (Fsp3) is 0.500. The first-order valence-corrected chi connectivity index (χ1v) is 7.12. The highest BCUT2D eigenvalue weighted by atomic mass is 79.9. The van der Waals surface area contributed by atoms with Crippen molar-refractivity contribution in [2.24, 2.45) is 5.73 Å². The smallest absolute Gasteiger partial charge is 0.222 e. The summed E-state index contributed by atoms with van der Waals surface area (Å²) in [6.07, 6.45) is 0.361. The molecule has 1 aromatic rings. The van der Waals surface area contributed by atoms with Crippen LogP contribution in [0, 0.1) is 0 Å².